The molecule has 10 nitrogen and oxygen atoms in total. The van der Waals surface area contributed by atoms with E-state index >= 15 is 4.39 Å². The van der Waals surface area contributed by atoms with Crippen LogP contribution in [0.15, 0.2) is 35.3 Å². The number of ether oxygens (including phenoxy) is 1. The van der Waals surface area contributed by atoms with Gasteiger partial charge in [-0.2, -0.15) is 0 Å². The normalized spacial score (nSPS) is 33.9. The minimum Gasteiger partial charge on any atom is -0.404 e. The van der Waals surface area contributed by atoms with Crippen LogP contribution in [0.25, 0.3) is 0 Å². The lowest BCUT2D eigenvalue weighted by Crippen LogP contribution is -2.60. The zero-order chi connectivity index (χ0) is 24.4. The van der Waals surface area contributed by atoms with Crippen LogP contribution in [-0.2, 0) is 30.6 Å². The van der Waals surface area contributed by atoms with Gasteiger partial charge in [-0.15, -0.1) is 0 Å². The minimum absolute atomic E-state index is 0.0553. The second kappa shape index (κ2) is 7.91. The molecule has 168 valence electrons. The monoisotopic (exact) mass is 490 g/mol. The third-order valence-corrected chi connectivity index (χ3v) is 7.08. The number of aryl methyl sites for hydroxylation is 1. The molecule has 0 saturated carbocycles. The number of fused-ring (bicyclic) bond motifs is 1. The highest BCUT2D eigenvalue weighted by Gasteiger charge is 2.69. The third-order valence-electron chi connectivity index (χ3n) is 5.27. The number of alkyl halides is 1. The summed E-state index contributed by atoms with van der Waals surface area (Å²) in [6.07, 6.45) is -3.80. The number of H-pyrrole nitrogens is 1. The van der Waals surface area contributed by atoms with Gasteiger partial charge in [0, 0.05) is 17.3 Å². The molecule has 16 heteroatoms. The molecule has 33 heavy (non-hydrogen) atoms. The van der Waals surface area contributed by atoms with E-state index < -0.39 is 42.6 Å². The van der Waals surface area contributed by atoms with E-state index in [1.807, 2.05) is 0 Å². The van der Waals surface area contributed by atoms with Gasteiger partial charge in [0.05, 0.1) is 12.0 Å². The Morgan fingerprint density at radius 1 is 1.36 bits per heavy atom. The second-order valence-electron chi connectivity index (χ2n) is 7.63. The summed E-state index contributed by atoms with van der Waals surface area (Å²) in [6.45, 7) is 1.26. The maximum Gasteiger partial charge on any atom is 0.529 e. The predicted octanol–water partition coefficient (Wildman–Crippen LogP) is 0.136. The van der Waals surface area contributed by atoms with Gasteiger partial charge in [-0.3, -0.25) is 18.6 Å². The summed E-state index contributed by atoms with van der Waals surface area (Å²) in [5.41, 5.74) is -2.89. The molecule has 6 radical (unpaired) electrons. The van der Waals surface area contributed by atoms with Crippen molar-refractivity contribution in [2.24, 2.45) is 0 Å². The van der Waals surface area contributed by atoms with Crippen LogP contribution >= 0.6 is 20.0 Å². The van der Waals surface area contributed by atoms with E-state index in [4.69, 9.17) is 54.1 Å². The fourth-order valence-electron chi connectivity index (χ4n) is 3.42. The Labute approximate surface area is 195 Å². The quantitative estimate of drug-likeness (QED) is 0.311. The average Bonchev–Trinajstić information content (AvgIpc) is 2.91. The van der Waals surface area contributed by atoms with Crippen LogP contribution in [0, 0.1) is 11.6 Å². The molecule has 2 aliphatic heterocycles. The lowest BCUT2D eigenvalue weighted by atomic mass is 9.59. The van der Waals surface area contributed by atoms with Crippen LogP contribution in [-0.4, -0.2) is 66.8 Å². The van der Waals surface area contributed by atoms with Crippen molar-refractivity contribution in [2.45, 2.75) is 42.6 Å². The van der Waals surface area contributed by atoms with Crippen molar-refractivity contribution in [3.05, 3.63) is 56.7 Å². The number of benzene rings is 1. The van der Waals surface area contributed by atoms with Crippen molar-refractivity contribution in [3.63, 3.8) is 0 Å². The number of aromatic nitrogens is 2. The molecule has 1 saturated heterocycles. The summed E-state index contributed by atoms with van der Waals surface area (Å²) in [6, 6.07) is 6.34. The summed E-state index contributed by atoms with van der Waals surface area (Å²) in [7, 11) is 12.8. The smallest absolute Gasteiger partial charge is 0.404 e. The van der Waals surface area contributed by atoms with Crippen molar-refractivity contribution in [1.82, 2.24) is 9.55 Å². The fourth-order valence-corrected chi connectivity index (χ4v) is 4.91. The lowest BCUT2D eigenvalue weighted by molar-refractivity contribution is -0.240. The molecule has 3 N–H and O–H groups in total. The molecule has 0 aliphatic carbocycles. The molecular weight excluding hydrogens is 475 g/mol. The maximum absolute atomic E-state index is 16.0. The number of halogens is 1. The molecule has 0 spiro atoms. The van der Waals surface area contributed by atoms with E-state index in [1.165, 1.54) is 13.0 Å². The van der Waals surface area contributed by atoms with Crippen LogP contribution in [0.4, 0.5) is 4.39 Å². The molecule has 1 aromatic heterocycles. The van der Waals surface area contributed by atoms with Gasteiger partial charge >= 0.3 is 13.5 Å². The predicted molar refractivity (Wildman–Crippen MR) is 116 cm³/mol. The Balaban J connectivity index is 1.68. The number of phosphoric ester groups is 1. The van der Waals surface area contributed by atoms with Crippen molar-refractivity contribution >= 4 is 43.6 Å². The average molecular weight is 490 g/mol. The first-order valence-electron chi connectivity index (χ1n) is 9.40. The molecule has 2 aromatic rings. The topological polar surface area (TPSA) is 132 Å². The van der Waals surface area contributed by atoms with Crippen molar-refractivity contribution in [2.75, 3.05) is 0 Å². The summed E-state index contributed by atoms with van der Waals surface area (Å²) in [5, 5.41) is 17.7. The van der Waals surface area contributed by atoms with Gasteiger partial charge in [-0.05, 0) is 13.0 Å². The van der Waals surface area contributed by atoms with Crippen molar-refractivity contribution in [3.8, 4) is 5.75 Å². The summed E-state index contributed by atoms with van der Waals surface area (Å²) in [4.78, 5) is 14.6. The third kappa shape index (κ3) is 3.85. The number of hydrogen-bond donors (Lipinski definition) is 3. The second-order valence-corrected chi connectivity index (χ2v) is 9.56. The molecule has 0 amide bonds. The van der Waals surface area contributed by atoms with Crippen LogP contribution < -0.4 is 10.2 Å². The van der Waals surface area contributed by atoms with Crippen molar-refractivity contribution in [1.29, 1.82) is 0 Å². The van der Waals surface area contributed by atoms with Gasteiger partial charge < -0.3 is 19.5 Å². The van der Waals surface area contributed by atoms with Crippen LogP contribution in [0.3, 0.4) is 0 Å². The van der Waals surface area contributed by atoms with E-state index in [9.17, 15) is 19.6 Å². The molecule has 3 heterocycles. The van der Waals surface area contributed by atoms with Gasteiger partial charge in [-0.1, -0.05) is 30.4 Å². The van der Waals surface area contributed by atoms with Gasteiger partial charge in [-0.25, -0.2) is 13.8 Å². The van der Waals surface area contributed by atoms with Gasteiger partial charge in [0.25, 0.3) is 5.85 Å². The minimum atomic E-state index is -4.64. The molecule has 1 fully saturated rings. The van der Waals surface area contributed by atoms with Crippen molar-refractivity contribution < 1.29 is 37.5 Å². The Kier molecular flexibility index (Phi) is 5.85. The Morgan fingerprint density at radius 3 is 2.73 bits per heavy atom. The number of nitrogens with one attached hydrogen (secondary N) is 1. The van der Waals surface area contributed by atoms with E-state index in [2.05, 4.69) is 4.98 Å². The number of nitrogens with zero attached hydrogens (tertiary/aromatic N) is 1. The molecular formula is C17H15B3FN2O8PS. The Morgan fingerprint density at radius 2 is 2.03 bits per heavy atom. The fraction of sp³-hybridized carbons (Fsp3) is 0.412. The summed E-state index contributed by atoms with van der Waals surface area (Å²) < 4.78 is 49.8. The Bertz CT molecular complexity index is 1280. The molecule has 4 rings (SSSR count). The standard InChI is InChI=1S/C17H15B3FN2O8PS/c1-8-6-23(14(26)22-13(8)33)16(18)12(25)11(24)15(21,30-16)17(19,20)31-32(27)28-7-9-4-2-3-5-10(9)29-32/h2-6,11-12,24-25H,7H2,1H3,(H,22,26,33)/t11-,12+,15-,16-,32?/m0/s1. The van der Waals surface area contributed by atoms with Crippen LogP contribution in [0.1, 0.15) is 11.1 Å². The molecule has 1 unspecified atom stereocenters. The SMILES string of the molecule is [B]C([B])(OP1(=O)OCc2ccccc2O1)[C@@]1(F)O[C@@]([B])(n2cc(C)c(=S)[nH]c2=O)[C@H](O)[C@@H]1O. The number of hydrogen-bond acceptors (Lipinski definition) is 9. The Hall–Kier alpha value is -1.73. The van der Waals surface area contributed by atoms with E-state index in [1.54, 1.807) is 18.2 Å². The lowest BCUT2D eigenvalue weighted by Gasteiger charge is -2.42. The first-order chi connectivity index (χ1) is 15.2. The molecule has 1 aromatic carbocycles. The van der Waals surface area contributed by atoms with Crippen LogP contribution in [0.5, 0.6) is 5.75 Å². The number of aliphatic hydroxyl groups excluding tert-OH is 2. The number of phosphoric acid groups is 1. The number of para-hydroxylation sites is 1. The maximum atomic E-state index is 16.0. The molecule has 0 bridgehead atoms. The molecule has 2 aliphatic rings. The van der Waals surface area contributed by atoms with E-state index in [0.717, 1.165) is 6.20 Å². The van der Waals surface area contributed by atoms with Gasteiger partial charge in [0.2, 0.25) is 0 Å². The summed E-state index contributed by atoms with van der Waals surface area (Å²) in [5.74, 6) is -3.60. The van der Waals surface area contributed by atoms with Crippen LogP contribution in [0.2, 0.25) is 0 Å². The zero-order valence-electron chi connectivity index (χ0n) is 17.0. The number of aliphatic hydroxyl groups is 2. The number of aromatic amines is 1. The number of rotatable bonds is 4. The molecule has 5 atom stereocenters. The largest absolute Gasteiger partial charge is 0.529 e. The summed E-state index contributed by atoms with van der Waals surface area (Å²) >= 11 is 4.94. The highest BCUT2D eigenvalue weighted by Crippen LogP contribution is 2.59. The van der Waals surface area contributed by atoms with E-state index in [-0.39, 0.29) is 17.0 Å². The van der Waals surface area contributed by atoms with Gasteiger partial charge in [0.1, 0.15) is 51.8 Å². The first-order valence-corrected chi connectivity index (χ1v) is 11.3. The highest BCUT2D eigenvalue weighted by molar-refractivity contribution is 7.71. The van der Waals surface area contributed by atoms with E-state index in [0.29, 0.717) is 15.7 Å². The first kappa shape index (κ1) is 24.4. The highest BCUT2D eigenvalue weighted by atomic mass is 32.1. The van der Waals surface area contributed by atoms with Gasteiger partial charge in [0.15, 0.2) is 0 Å². The zero-order valence-corrected chi connectivity index (χ0v) is 18.7.